The van der Waals surface area contributed by atoms with Gasteiger partial charge in [0, 0.05) is 18.0 Å². The van der Waals surface area contributed by atoms with Gasteiger partial charge in [0.1, 0.15) is 11.4 Å². The van der Waals surface area contributed by atoms with Crippen molar-refractivity contribution in [3.8, 4) is 5.75 Å². The molecule has 7 nitrogen and oxygen atoms in total. The number of anilines is 1. The second-order valence-electron chi connectivity index (χ2n) is 4.44. The maximum atomic E-state index is 12.3. The molecular formula is C14H14BrN3O4S. The lowest BCUT2D eigenvalue weighted by Gasteiger charge is -2.08. The van der Waals surface area contributed by atoms with Gasteiger partial charge in [-0.15, -0.1) is 0 Å². The summed E-state index contributed by atoms with van der Waals surface area (Å²) in [4.78, 5) is 20.0. The molecule has 1 aromatic carbocycles. The molecule has 2 rings (SSSR count). The number of rotatable bonds is 5. The van der Waals surface area contributed by atoms with E-state index in [9.17, 15) is 13.2 Å². The van der Waals surface area contributed by atoms with E-state index < -0.39 is 15.7 Å². The van der Waals surface area contributed by atoms with Crippen LogP contribution in [-0.4, -0.2) is 37.2 Å². The Balaban J connectivity index is 2.33. The molecule has 1 amide bonds. The van der Waals surface area contributed by atoms with Gasteiger partial charge in [0.05, 0.1) is 17.3 Å². The first-order valence-corrected chi connectivity index (χ1v) is 9.02. The smallest absolute Gasteiger partial charge is 0.275 e. The van der Waals surface area contributed by atoms with E-state index in [0.717, 1.165) is 0 Å². The number of hydrogen-bond acceptors (Lipinski definition) is 6. The molecule has 1 aromatic heterocycles. The number of carbonyl (C=O) groups is 1. The number of aromatic nitrogens is 2. The second-order valence-corrected chi connectivity index (χ2v) is 7.46. The van der Waals surface area contributed by atoms with Crippen molar-refractivity contribution in [1.29, 1.82) is 0 Å². The fraction of sp³-hybridized carbons (Fsp3) is 0.214. The number of amides is 1. The summed E-state index contributed by atoms with van der Waals surface area (Å²) < 4.78 is 29.1. The first-order valence-electron chi connectivity index (χ1n) is 6.58. The minimum Gasteiger partial charge on any atom is -0.497 e. The summed E-state index contributed by atoms with van der Waals surface area (Å²) in [6.45, 7) is 1.48. The van der Waals surface area contributed by atoms with E-state index in [4.69, 9.17) is 4.74 Å². The van der Waals surface area contributed by atoms with Gasteiger partial charge in [-0.2, -0.15) is 0 Å². The molecule has 0 unspecified atom stereocenters. The molecular weight excluding hydrogens is 386 g/mol. The van der Waals surface area contributed by atoms with E-state index in [-0.39, 0.29) is 16.6 Å². The standard InChI is InChI=1S/C14H14BrN3O4S/c1-3-23(20,21)14-16-8-11(15)12(18-14)13(19)17-9-5-4-6-10(7-9)22-2/h4-8H,3H2,1-2H3,(H,17,19). The third-order valence-corrected chi connectivity index (χ3v) is 5.02. The molecule has 0 atom stereocenters. The van der Waals surface area contributed by atoms with Crippen LogP contribution in [0, 0.1) is 0 Å². The van der Waals surface area contributed by atoms with Crippen molar-refractivity contribution in [1.82, 2.24) is 9.97 Å². The normalized spacial score (nSPS) is 11.1. The highest BCUT2D eigenvalue weighted by Gasteiger charge is 2.20. The van der Waals surface area contributed by atoms with E-state index in [1.54, 1.807) is 24.3 Å². The summed E-state index contributed by atoms with van der Waals surface area (Å²) in [7, 11) is -2.08. The van der Waals surface area contributed by atoms with Gasteiger partial charge in [0.25, 0.3) is 5.91 Å². The van der Waals surface area contributed by atoms with Crippen LogP contribution in [0.1, 0.15) is 17.4 Å². The van der Waals surface area contributed by atoms with Crippen molar-refractivity contribution in [2.45, 2.75) is 12.1 Å². The van der Waals surface area contributed by atoms with E-state index in [2.05, 4.69) is 31.2 Å². The van der Waals surface area contributed by atoms with Gasteiger partial charge in [0.2, 0.25) is 15.0 Å². The summed E-state index contributed by atoms with van der Waals surface area (Å²) in [5.74, 6) is -0.121. The molecule has 0 saturated heterocycles. The Hall–Kier alpha value is -2.00. The zero-order valence-electron chi connectivity index (χ0n) is 12.4. The van der Waals surface area contributed by atoms with Crippen LogP contribution in [0.25, 0.3) is 0 Å². The van der Waals surface area contributed by atoms with Crippen LogP contribution in [0.2, 0.25) is 0 Å². The van der Waals surface area contributed by atoms with Gasteiger partial charge < -0.3 is 10.1 Å². The van der Waals surface area contributed by atoms with Crippen molar-refractivity contribution in [3.05, 3.63) is 40.6 Å². The predicted molar refractivity (Wildman–Crippen MR) is 88.4 cm³/mol. The van der Waals surface area contributed by atoms with Crippen molar-refractivity contribution in [2.24, 2.45) is 0 Å². The maximum Gasteiger partial charge on any atom is 0.275 e. The Morgan fingerprint density at radius 3 is 2.78 bits per heavy atom. The van der Waals surface area contributed by atoms with Crippen LogP contribution >= 0.6 is 15.9 Å². The minimum absolute atomic E-state index is 0.0603. The van der Waals surface area contributed by atoms with Gasteiger partial charge >= 0.3 is 0 Å². The zero-order chi connectivity index (χ0) is 17.0. The fourth-order valence-corrected chi connectivity index (χ4v) is 2.75. The van der Waals surface area contributed by atoms with Crippen molar-refractivity contribution in [3.63, 3.8) is 0 Å². The molecule has 1 N–H and O–H groups in total. The predicted octanol–water partition coefficient (Wildman–Crippen LogP) is 2.29. The SMILES string of the molecule is CCS(=O)(=O)c1ncc(Br)c(C(=O)Nc2cccc(OC)c2)n1. The average Bonchev–Trinajstić information content (AvgIpc) is 2.55. The van der Waals surface area contributed by atoms with Gasteiger partial charge in [-0.05, 0) is 28.1 Å². The number of carbonyl (C=O) groups excluding carboxylic acids is 1. The van der Waals surface area contributed by atoms with Crippen LogP contribution in [0.5, 0.6) is 5.75 Å². The lowest BCUT2D eigenvalue weighted by Crippen LogP contribution is -2.18. The molecule has 0 spiro atoms. The lowest BCUT2D eigenvalue weighted by molar-refractivity contribution is 0.102. The van der Waals surface area contributed by atoms with Gasteiger partial charge in [-0.1, -0.05) is 13.0 Å². The third kappa shape index (κ3) is 4.05. The summed E-state index contributed by atoms with van der Waals surface area (Å²) >= 11 is 3.16. The molecule has 0 saturated carbocycles. The molecule has 1 heterocycles. The number of ether oxygens (including phenoxy) is 1. The highest BCUT2D eigenvalue weighted by molar-refractivity contribution is 9.10. The van der Waals surface area contributed by atoms with E-state index in [0.29, 0.717) is 15.9 Å². The first kappa shape index (κ1) is 17.4. The van der Waals surface area contributed by atoms with Gasteiger partial charge in [-0.3, -0.25) is 4.79 Å². The second kappa shape index (κ2) is 7.05. The Morgan fingerprint density at radius 1 is 1.39 bits per heavy atom. The summed E-state index contributed by atoms with van der Waals surface area (Å²) in [5, 5.41) is 2.26. The molecule has 23 heavy (non-hydrogen) atoms. The average molecular weight is 400 g/mol. The highest BCUT2D eigenvalue weighted by Crippen LogP contribution is 2.20. The number of halogens is 1. The van der Waals surface area contributed by atoms with Crippen LogP contribution in [0.4, 0.5) is 5.69 Å². The van der Waals surface area contributed by atoms with Crippen LogP contribution in [0.3, 0.4) is 0 Å². The Morgan fingerprint density at radius 2 is 2.13 bits per heavy atom. The first-order chi connectivity index (χ1) is 10.9. The Kier molecular flexibility index (Phi) is 5.32. The summed E-state index contributed by atoms with van der Waals surface area (Å²) in [5.41, 5.74) is 0.439. The number of nitrogens with one attached hydrogen (secondary N) is 1. The number of sulfone groups is 1. The van der Waals surface area contributed by atoms with Crippen LogP contribution < -0.4 is 10.1 Å². The fourth-order valence-electron chi connectivity index (χ4n) is 1.68. The number of benzene rings is 1. The van der Waals surface area contributed by atoms with Crippen molar-refractivity contribution < 1.29 is 17.9 Å². The summed E-state index contributed by atoms with van der Waals surface area (Å²) in [6, 6.07) is 6.77. The lowest BCUT2D eigenvalue weighted by atomic mass is 10.3. The zero-order valence-corrected chi connectivity index (χ0v) is 14.8. The van der Waals surface area contributed by atoms with E-state index in [1.807, 2.05) is 0 Å². The Bertz CT molecular complexity index is 840. The van der Waals surface area contributed by atoms with Gasteiger partial charge in [-0.25, -0.2) is 18.4 Å². The maximum absolute atomic E-state index is 12.3. The quantitative estimate of drug-likeness (QED) is 0.774. The molecule has 0 bridgehead atoms. The van der Waals surface area contributed by atoms with E-state index in [1.165, 1.54) is 20.2 Å². The highest BCUT2D eigenvalue weighted by atomic mass is 79.9. The number of methoxy groups -OCH3 is 1. The molecule has 0 fully saturated rings. The molecule has 0 aliphatic heterocycles. The molecule has 122 valence electrons. The topological polar surface area (TPSA) is 98.2 Å². The largest absolute Gasteiger partial charge is 0.497 e. The molecule has 0 aliphatic rings. The number of hydrogen-bond donors (Lipinski definition) is 1. The molecule has 0 aliphatic carbocycles. The monoisotopic (exact) mass is 399 g/mol. The molecule has 9 heteroatoms. The molecule has 2 aromatic rings. The van der Waals surface area contributed by atoms with Crippen LogP contribution in [0.15, 0.2) is 40.1 Å². The third-order valence-electron chi connectivity index (χ3n) is 2.92. The summed E-state index contributed by atoms with van der Waals surface area (Å²) in [6.07, 6.45) is 1.25. The number of nitrogens with zero attached hydrogens (tertiary/aromatic N) is 2. The van der Waals surface area contributed by atoms with Crippen molar-refractivity contribution in [2.75, 3.05) is 18.2 Å². The van der Waals surface area contributed by atoms with Crippen molar-refractivity contribution >= 4 is 37.4 Å². The van der Waals surface area contributed by atoms with Crippen LogP contribution in [-0.2, 0) is 9.84 Å². The minimum atomic E-state index is -3.60. The Labute approximate surface area is 142 Å². The van der Waals surface area contributed by atoms with E-state index >= 15 is 0 Å². The molecule has 0 radical (unpaired) electrons. The van der Waals surface area contributed by atoms with Gasteiger partial charge in [0.15, 0.2) is 0 Å².